The summed E-state index contributed by atoms with van der Waals surface area (Å²) in [6, 6.07) is 47.5. The van der Waals surface area contributed by atoms with E-state index in [1.807, 2.05) is 60.7 Å². The largest absolute Gasteiger partial charge is 0.456 e. The lowest BCUT2D eigenvalue weighted by Crippen LogP contribution is -1.93. The van der Waals surface area contributed by atoms with E-state index >= 15 is 0 Å². The first-order valence-electron chi connectivity index (χ1n) is 19.9. The third kappa shape index (κ3) is 4.41. The molecule has 0 unspecified atom stereocenters. The van der Waals surface area contributed by atoms with E-state index in [2.05, 4.69) is 86.8 Å². The molecule has 8 aromatic carbocycles. The summed E-state index contributed by atoms with van der Waals surface area (Å²) in [5.41, 5.74) is 10.7. The van der Waals surface area contributed by atoms with Gasteiger partial charge in [0.1, 0.15) is 11.2 Å². The highest BCUT2D eigenvalue weighted by atomic mass is 16.3. The minimum atomic E-state index is -0.425. The van der Waals surface area contributed by atoms with Gasteiger partial charge >= 0.3 is 0 Å². The van der Waals surface area contributed by atoms with Gasteiger partial charge in [-0.05, 0) is 107 Å². The van der Waals surface area contributed by atoms with Gasteiger partial charge in [0.2, 0.25) is 0 Å². The molecule has 0 aliphatic rings. The van der Waals surface area contributed by atoms with Crippen LogP contribution in [0, 0.1) is 6.57 Å². The molecule has 11 rings (SSSR count). The topological polar surface area (TPSA) is 27.4 Å². The van der Waals surface area contributed by atoms with Crippen LogP contribution in [0.25, 0.3) is 104 Å². The Morgan fingerprint density at radius 3 is 1.91 bits per heavy atom. The number of furan rings is 1. The Kier molecular flexibility index (Phi) is 5.29. The molecule has 0 saturated carbocycles. The SMILES string of the molecule is [2H]c1c([2H])c([2H])c(-c2cccc3oc4ccc(-n5c6ccccc6c6cc(-c7ccc8c(c7)c7cc([N+]#[C-])ccc7n8-c7ccccc7)ccc65)cc4c23)c([2H])c1[2H]. The molecule has 0 fully saturated rings. The summed E-state index contributed by atoms with van der Waals surface area (Å²) >= 11 is 0. The number of aromatic nitrogens is 2. The van der Waals surface area contributed by atoms with Crippen LogP contribution in [-0.4, -0.2) is 9.13 Å². The Hall–Kier alpha value is -7.35. The third-order valence-electron chi connectivity index (χ3n) is 10.4. The number of fused-ring (bicyclic) bond motifs is 9. The van der Waals surface area contributed by atoms with Crippen LogP contribution in [0.15, 0.2) is 180 Å². The molecular formula is C49H29N3O. The van der Waals surface area contributed by atoms with E-state index in [1.54, 1.807) is 12.1 Å². The Morgan fingerprint density at radius 1 is 0.472 bits per heavy atom. The highest BCUT2D eigenvalue weighted by molar-refractivity contribution is 6.15. The van der Waals surface area contributed by atoms with E-state index < -0.39 is 6.04 Å². The average molecular weight is 681 g/mol. The van der Waals surface area contributed by atoms with Crippen molar-refractivity contribution in [2.75, 3.05) is 0 Å². The van der Waals surface area contributed by atoms with Gasteiger partial charge in [-0.2, -0.15) is 0 Å². The first kappa shape index (κ1) is 24.7. The number of hydrogen-bond acceptors (Lipinski definition) is 1. The second-order valence-corrected chi connectivity index (χ2v) is 13.3. The maximum absolute atomic E-state index is 8.73. The normalized spacial score (nSPS) is 13.1. The molecule has 0 spiro atoms. The lowest BCUT2D eigenvalue weighted by molar-refractivity contribution is 0.669. The Balaban J connectivity index is 1.10. The van der Waals surface area contributed by atoms with E-state index in [4.69, 9.17) is 17.8 Å². The summed E-state index contributed by atoms with van der Waals surface area (Å²) in [4.78, 5) is 3.74. The number of para-hydroxylation sites is 2. The van der Waals surface area contributed by atoms with Crippen molar-refractivity contribution in [2.24, 2.45) is 0 Å². The summed E-state index contributed by atoms with van der Waals surface area (Å²) in [6.07, 6.45) is 0. The molecule has 53 heavy (non-hydrogen) atoms. The smallest absolute Gasteiger partial charge is 0.188 e. The van der Waals surface area contributed by atoms with Gasteiger partial charge in [0.25, 0.3) is 0 Å². The maximum atomic E-state index is 8.73. The highest BCUT2D eigenvalue weighted by Crippen LogP contribution is 2.41. The number of nitrogens with zero attached hydrogens (tertiary/aromatic N) is 3. The van der Waals surface area contributed by atoms with Crippen molar-refractivity contribution in [2.45, 2.75) is 0 Å². The zero-order chi connectivity index (χ0) is 39.4. The summed E-state index contributed by atoms with van der Waals surface area (Å²) in [5.74, 6) is 0. The molecule has 4 heteroatoms. The predicted molar refractivity (Wildman–Crippen MR) is 220 cm³/mol. The van der Waals surface area contributed by atoms with Gasteiger partial charge in [0, 0.05) is 38.3 Å². The zero-order valence-corrected chi connectivity index (χ0v) is 28.1. The maximum Gasteiger partial charge on any atom is 0.188 e. The van der Waals surface area contributed by atoms with Gasteiger partial charge in [-0.15, -0.1) is 0 Å². The van der Waals surface area contributed by atoms with Crippen molar-refractivity contribution < 1.29 is 11.3 Å². The molecule has 0 bridgehead atoms. The van der Waals surface area contributed by atoms with Crippen molar-refractivity contribution in [3.05, 3.63) is 187 Å². The van der Waals surface area contributed by atoms with Crippen LogP contribution in [0.1, 0.15) is 6.85 Å². The summed E-state index contributed by atoms with van der Waals surface area (Å²) in [5, 5.41) is 5.76. The molecule has 3 heterocycles. The monoisotopic (exact) mass is 680 g/mol. The number of rotatable bonds is 4. The van der Waals surface area contributed by atoms with Gasteiger partial charge in [0.15, 0.2) is 5.69 Å². The van der Waals surface area contributed by atoms with Crippen LogP contribution < -0.4 is 0 Å². The predicted octanol–water partition coefficient (Wildman–Crippen LogP) is 13.7. The van der Waals surface area contributed by atoms with Gasteiger partial charge < -0.3 is 13.6 Å². The summed E-state index contributed by atoms with van der Waals surface area (Å²) in [6.45, 7) is 7.71. The highest BCUT2D eigenvalue weighted by Gasteiger charge is 2.18. The van der Waals surface area contributed by atoms with E-state index in [-0.39, 0.29) is 29.7 Å². The molecule has 4 nitrogen and oxygen atoms in total. The van der Waals surface area contributed by atoms with Crippen LogP contribution >= 0.6 is 0 Å². The van der Waals surface area contributed by atoms with Crippen LogP contribution in [-0.2, 0) is 0 Å². The van der Waals surface area contributed by atoms with Crippen molar-refractivity contribution in [3.8, 4) is 33.6 Å². The van der Waals surface area contributed by atoms with Crippen LogP contribution in [0.5, 0.6) is 0 Å². The second-order valence-electron chi connectivity index (χ2n) is 13.3. The van der Waals surface area contributed by atoms with Gasteiger partial charge in [-0.1, -0.05) is 96.9 Å². The first-order valence-corrected chi connectivity index (χ1v) is 17.4. The minimum Gasteiger partial charge on any atom is -0.456 e. The molecule has 0 N–H and O–H groups in total. The van der Waals surface area contributed by atoms with E-state index in [0.29, 0.717) is 27.8 Å². The second kappa shape index (κ2) is 11.3. The molecule has 3 aromatic heterocycles. The van der Waals surface area contributed by atoms with Crippen LogP contribution in [0.4, 0.5) is 5.69 Å². The molecule has 0 radical (unpaired) electrons. The van der Waals surface area contributed by atoms with Crippen molar-refractivity contribution >= 4 is 71.2 Å². The van der Waals surface area contributed by atoms with Crippen molar-refractivity contribution in [1.82, 2.24) is 9.13 Å². The minimum absolute atomic E-state index is 0.142. The van der Waals surface area contributed by atoms with Crippen molar-refractivity contribution in [3.63, 3.8) is 0 Å². The molecule has 0 aliphatic carbocycles. The Labute approximate surface area is 311 Å². The molecule has 0 aliphatic heterocycles. The molecular weight excluding hydrogens is 647 g/mol. The standard InChI is InChI=1S/C49H29N3O/c1-50-34-21-25-46-41(29-34)40-28-33(20-24-45(40)51(46)35-13-6-3-7-14-35)32-19-23-44-39(27-32)38-15-8-9-17-43(38)52(44)36-22-26-47-42(30-36)49-37(16-10-18-48(49)53-47)31-11-4-2-5-12-31/h2-30H/i2D,4D,5D,11D,12D. The van der Waals surface area contributed by atoms with Crippen LogP contribution in [0.2, 0.25) is 0 Å². The first-order chi connectivity index (χ1) is 28.3. The fourth-order valence-corrected chi connectivity index (χ4v) is 8.09. The zero-order valence-electron chi connectivity index (χ0n) is 33.1. The summed E-state index contributed by atoms with van der Waals surface area (Å²) < 4.78 is 53.1. The Morgan fingerprint density at radius 2 is 1.13 bits per heavy atom. The quantitative estimate of drug-likeness (QED) is 0.170. The number of benzene rings is 8. The van der Waals surface area contributed by atoms with Gasteiger partial charge in [0.05, 0.1) is 35.5 Å². The lowest BCUT2D eigenvalue weighted by atomic mass is 9.99. The van der Waals surface area contributed by atoms with E-state index in [9.17, 15) is 0 Å². The molecule has 246 valence electrons. The van der Waals surface area contributed by atoms with Gasteiger partial charge in [-0.3, -0.25) is 0 Å². The molecule has 0 saturated heterocycles. The third-order valence-corrected chi connectivity index (χ3v) is 10.4. The average Bonchev–Trinajstić information content (AvgIpc) is 3.92. The summed E-state index contributed by atoms with van der Waals surface area (Å²) in [7, 11) is 0. The van der Waals surface area contributed by atoms with E-state index in [0.717, 1.165) is 71.5 Å². The molecule has 0 atom stereocenters. The lowest BCUT2D eigenvalue weighted by Gasteiger charge is -2.10. The fourth-order valence-electron chi connectivity index (χ4n) is 8.09. The van der Waals surface area contributed by atoms with Crippen LogP contribution in [0.3, 0.4) is 0 Å². The molecule has 0 amide bonds. The van der Waals surface area contributed by atoms with Gasteiger partial charge in [-0.25, -0.2) is 4.85 Å². The fraction of sp³-hybridized carbons (Fsp3) is 0. The molecule has 11 aromatic rings. The van der Waals surface area contributed by atoms with Crippen molar-refractivity contribution in [1.29, 1.82) is 0 Å². The number of hydrogen-bond donors (Lipinski definition) is 0. The van der Waals surface area contributed by atoms with E-state index in [1.165, 1.54) is 0 Å². The Bertz CT molecular complexity index is 3560.